The number of pyridine rings is 2. The van der Waals surface area contributed by atoms with Crippen molar-refractivity contribution in [3.63, 3.8) is 0 Å². The average Bonchev–Trinajstić information content (AvgIpc) is 3.12. The van der Waals surface area contributed by atoms with E-state index in [0.29, 0.717) is 5.02 Å². The summed E-state index contributed by atoms with van der Waals surface area (Å²) in [7, 11) is 0. The Bertz CT molecular complexity index is 1250. The third-order valence-corrected chi connectivity index (χ3v) is 5.56. The van der Waals surface area contributed by atoms with E-state index in [1.165, 1.54) is 5.56 Å². The largest absolute Gasteiger partial charge is 0.324 e. The van der Waals surface area contributed by atoms with E-state index in [4.69, 9.17) is 21.6 Å². The van der Waals surface area contributed by atoms with Crippen molar-refractivity contribution in [3.8, 4) is 11.3 Å². The van der Waals surface area contributed by atoms with Crippen molar-refractivity contribution in [2.75, 3.05) is 5.32 Å². The van der Waals surface area contributed by atoms with Crippen LogP contribution in [0.1, 0.15) is 30.5 Å². The Morgan fingerprint density at radius 1 is 0.966 bits per heavy atom. The van der Waals surface area contributed by atoms with E-state index in [9.17, 15) is 0 Å². The third kappa shape index (κ3) is 3.15. The molecule has 2 aromatic carbocycles. The van der Waals surface area contributed by atoms with E-state index < -0.39 is 0 Å². The fourth-order valence-electron chi connectivity index (χ4n) is 3.80. The maximum absolute atomic E-state index is 6.43. The molecule has 5 heteroatoms. The van der Waals surface area contributed by atoms with Crippen molar-refractivity contribution in [2.24, 2.45) is 4.99 Å². The zero-order valence-corrected chi connectivity index (χ0v) is 16.7. The number of rotatable bonds is 3. The summed E-state index contributed by atoms with van der Waals surface area (Å²) in [6, 6.07) is 22.2. The number of nitrogens with zero attached hydrogens (tertiary/aromatic N) is 3. The molecular formula is C24H19ClN4. The molecule has 0 spiro atoms. The normalized spacial score (nSPS) is 15.2. The summed E-state index contributed by atoms with van der Waals surface area (Å²) in [6.07, 6.45) is 2.75. The first-order valence-electron chi connectivity index (χ1n) is 9.69. The van der Waals surface area contributed by atoms with Gasteiger partial charge in [-0.1, -0.05) is 61.0 Å². The summed E-state index contributed by atoms with van der Waals surface area (Å²) in [4.78, 5) is 14.4. The fraction of sp³-hybridized carbons (Fsp3) is 0.125. The second-order valence-electron chi connectivity index (χ2n) is 7.02. The first-order valence-corrected chi connectivity index (χ1v) is 10.1. The van der Waals surface area contributed by atoms with Gasteiger partial charge in [0.2, 0.25) is 0 Å². The van der Waals surface area contributed by atoms with Crippen LogP contribution < -0.4 is 5.32 Å². The molecule has 29 heavy (non-hydrogen) atoms. The van der Waals surface area contributed by atoms with Crippen LogP contribution in [-0.2, 0) is 0 Å². The van der Waals surface area contributed by atoms with Gasteiger partial charge >= 0.3 is 0 Å². The minimum atomic E-state index is 0.171. The van der Waals surface area contributed by atoms with E-state index in [2.05, 4.69) is 35.4 Å². The number of anilines is 1. The van der Waals surface area contributed by atoms with Crippen LogP contribution in [0.5, 0.6) is 0 Å². The number of aromatic nitrogens is 2. The van der Waals surface area contributed by atoms with Crippen molar-refractivity contribution in [1.29, 1.82) is 0 Å². The van der Waals surface area contributed by atoms with Crippen molar-refractivity contribution in [2.45, 2.75) is 19.4 Å². The minimum absolute atomic E-state index is 0.171. The van der Waals surface area contributed by atoms with E-state index in [1.54, 1.807) is 6.20 Å². The summed E-state index contributed by atoms with van der Waals surface area (Å²) >= 11 is 6.43. The highest BCUT2D eigenvalue weighted by atomic mass is 35.5. The van der Waals surface area contributed by atoms with Crippen molar-refractivity contribution >= 4 is 34.2 Å². The van der Waals surface area contributed by atoms with Crippen molar-refractivity contribution in [3.05, 3.63) is 89.1 Å². The second kappa shape index (κ2) is 7.30. The van der Waals surface area contributed by atoms with Crippen LogP contribution in [0.3, 0.4) is 0 Å². The molecule has 1 aliphatic heterocycles. The number of benzene rings is 2. The number of fused-ring (bicyclic) bond motifs is 2. The van der Waals surface area contributed by atoms with E-state index in [0.717, 1.165) is 45.8 Å². The second-order valence-corrected chi connectivity index (χ2v) is 7.43. The SMILES string of the molecule is CCC1N=C(Nc2nc(-c3ccccc3Cl)cc3ncccc23)c2ccccc21. The lowest BCUT2D eigenvalue weighted by atomic mass is 10.0. The molecule has 5 rings (SSSR count). The number of halogens is 1. The zero-order chi connectivity index (χ0) is 19.8. The molecule has 1 unspecified atom stereocenters. The topological polar surface area (TPSA) is 50.2 Å². The standard InChI is InChI=1S/C24H19ClN4/c1-2-20-15-8-3-4-9-16(15)23(27-20)29-24-18-11-7-13-26-21(18)14-22(28-24)17-10-5-6-12-19(17)25/h3-14,20H,2H2,1H3,(H,27,28,29). The first-order chi connectivity index (χ1) is 14.2. The summed E-state index contributed by atoms with van der Waals surface area (Å²) in [5.74, 6) is 1.58. The van der Waals surface area contributed by atoms with Gasteiger partial charge in [-0.2, -0.15) is 0 Å². The van der Waals surface area contributed by atoms with Gasteiger partial charge < -0.3 is 5.32 Å². The van der Waals surface area contributed by atoms with Gasteiger partial charge in [0.05, 0.1) is 17.3 Å². The van der Waals surface area contributed by atoms with Crippen LogP contribution in [0.15, 0.2) is 77.9 Å². The van der Waals surface area contributed by atoms with Gasteiger partial charge in [-0.3, -0.25) is 9.98 Å². The number of hydrogen-bond acceptors (Lipinski definition) is 4. The van der Waals surface area contributed by atoms with Crippen LogP contribution in [0.25, 0.3) is 22.2 Å². The van der Waals surface area contributed by atoms with Gasteiger partial charge in [-0.05, 0) is 36.2 Å². The van der Waals surface area contributed by atoms with Crippen LogP contribution >= 0.6 is 11.6 Å². The number of aliphatic imine (C=N–C) groups is 1. The monoisotopic (exact) mass is 398 g/mol. The Kier molecular flexibility index (Phi) is 4.49. The van der Waals surface area contributed by atoms with Crippen LogP contribution in [0.2, 0.25) is 5.02 Å². The molecule has 0 bridgehead atoms. The summed E-state index contributed by atoms with van der Waals surface area (Å²) in [5, 5.41) is 5.10. The minimum Gasteiger partial charge on any atom is -0.324 e. The van der Waals surface area contributed by atoms with Gasteiger partial charge in [0.25, 0.3) is 0 Å². The molecule has 0 saturated heterocycles. The van der Waals surface area contributed by atoms with Gasteiger partial charge in [0.1, 0.15) is 11.7 Å². The average molecular weight is 399 g/mol. The molecule has 2 aromatic heterocycles. The Morgan fingerprint density at radius 3 is 2.59 bits per heavy atom. The number of nitrogens with one attached hydrogen (secondary N) is 1. The molecule has 0 saturated carbocycles. The van der Waals surface area contributed by atoms with E-state index in [1.807, 2.05) is 48.5 Å². The molecule has 0 radical (unpaired) electrons. The highest BCUT2D eigenvalue weighted by Gasteiger charge is 2.24. The molecule has 1 N–H and O–H groups in total. The predicted octanol–water partition coefficient (Wildman–Crippen LogP) is 6.27. The van der Waals surface area contributed by atoms with Gasteiger partial charge in [0, 0.05) is 27.7 Å². The van der Waals surface area contributed by atoms with Gasteiger partial charge in [0.15, 0.2) is 0 Å². The lowest BCUT2D eigenvalue weighted by molar-refractivity contribution is 0.716. The molecule has 4 aromatic rings. The number of hydrogen-bond donors (Lipinski definition) is 1. The highest BCUT2D eigenvalue weighted by Crippen LogP contribution is 2.34. The molecule has 4 nitrogen and oxygen atoms in total. The molecular weight excluding hydrogens is 380 g/mol. The maximum Gasteiger partial charge on any atom is 0.141 e. The molecule has 0 aliphatic carbocycles. The Balaban J connectivity index is 1.65. The van der Waals surface area contributed by atoms with Crippen molar-refractivity contribution < 1.29 is 0 Å². The maximum atomic E-state index is 6.43. The lowest BCUT2D eigenvalue weighted by Gasteiger charge is -2.12. The van der Waals surface area contributed by atoms with Gasteiger partial charge in [-0.15, -0.1) is 0 Å². The fourth-order valence-corrected chi connectivity index (χ4v) is 4.03. The van der Waals surface area contributed by atoms with Crippen LogP contribution in [0, 0.1) is 0 Å². The van der Waals surface area contributed by atoms with E-state index >= 15 is 0 Å². The lowest BCUT2D eigenvalue weighted by Crippen LogP contribution is -2.13. The molecule has 142 valence electrons. The number of amidine groups is 1. The first kappa shape index (κ1) is 17.8. The Morgan fingerprint density at radius 2 is 1.76 bits per heavy atom. The molecule has 0 amide bonds. The zero-order valence-electron chi connectivity index (χ0n) is 15.9. The predicted molar refractivity (Wildman–Crippen MR) is 120 cm³/mol. The Hall–Kier alpha value is -3.24. The third-order valence-electron chi connectivity index (χ3n) is 5.23. The quantitative estimate of drug-likeness (QED) is 0.442. The van der Waals surface area contributed by atoms with Crippen molar-refractivity contribution in [1.82, 2.24) is 9.97 Å². The summed E-state index contributed by atoms with van der Waals surface area (Å²) in [5.41, 5.74) is 4.90. The molecule has 3 heterocycles. The van der Waals surface area contributed by atoms with E-state index in [-0.39, 0.29) is 6.04 Å². The summed E-state index contributed by atoms with van der Waals surface area (Å²) in [6.45, 7) is 2.16. The van der Waals surface area contributed by atoms with Crippen LogP contribution in [0.4, 0.5) is 5.82 Å². The smallest absolute Gasteiger partial charge is 0.141 e. The van der Waals surface area contributed by atoms with Gasteiger partial charge in [-0.25, -0.2) is 4.98 Å². The summed E-state index contributed by atoms with van der Waals surface area (Å²) < 4.78 is 0. The molecule has 1 atom stereocenters. The molecule has 1 aliphatic rings. The van der Waals surface area contributed by atoms with Crippen LogP contribution in [-0.4, -0.2) is 15.8 Å². The highest BCUT2D eigenvalue weighted by molar-refractivity contribution is 6.33. The molecule has 0 fully saturated rings. The Labute approximate surface area is 174 Å².